The molecule has 0 N–H and O–H groups in total. The first-order valence-corrected chi connectivity index (χ1v) is 12.3. The fraction of sp³-hybridized carbons (Fsp3) is 0. The van der Waals surface area contributed by atoms with E-state index in [0.717, 1.165) is 10.4 Å². The van der Waals surface area contributed by atoms with Gasteiger partial charge in [-0.1, -0.05) is 84.6 Å². The number of nitrogens with zero attached hydrogens (tertiary/aromatic N) is 3. The van der Waals surface area contributed by atoms with E-state index in [2.05, 4.69) is 99.9 Å². The summed E-state index contributed by atoms with van der Waals surface area (Å²) < 4.78 is 0. The highest BCUT2D eigenvalue weighted by Gasteiger charge is 2.19. The second kappa shape index (κ2) is 8.19. The van der Waals surface area contributed by atoms with E-state index in [0.29, 0.717) is 0 Å². The van der Waals surface area contributed by atoms with Crippen molar-refractivity contribution in [3.8, 4) is 11.1 Å². The van der Waals surface area contributed by atoms with Crippen molar-refractivity contribution in [1.82, 2.24) is 15.0 Å². The van der Waals surface area contributed by atoms with Crippen LogP contribution >= 0.6 is 11.8 Å². The smallest absolute Gasteiger partial charge is 0.119 e. The van der Waals surface area contributed by atoms with Gasteiger partial charge in [-0.05, 0) is 61.0 Å². The number of hydrogen-bond acceptors (Lipinski definition) is 4. The van der Waals surface area contributed by atoms with Crippen LogP contribution in [0.1, 0.15) is 0 Å². The summed E-state index contributed by atoms with van der Waals surface area (Å²) in [5.74, 6) is 0. The zero-order chi connectivity index (χ0) is 23.2. The van der Waals surface area contributed by atoms with Crippen LogP contribution in [-0.4, -0.2) is 15.0 Å². The summed E-state index contributed by atoms with van der Waals surface area (Å²) in [7, 11) is 0. The van der Waals surface area contributed by atoms with Crippen LogP contribution < -0.4 is 0 Å². The molecule has 0 unspecified atom stereocenters. The summed E-state index contributed by atoms with van der Waals surface area (Å²) in [6.07, 6.45) is 9.14. The fourth-order valence-corrected chi connectivity index (χ4v) is 6.10. The molecular weight excluding hydrogens is 446 g/mol. The molecule has 0 aliphatic carbocycles. The first-order chi connectivity index (χ1) is 17.4. The molecule has 4 heteroatoms. The molecule has 35 heavy (non-hydrogen) atoms. The second-order valence-corrected chi connectivity index (χ2v) is 9.54. The quantitative estimate of drug-likeness (QED) is 0.194. The molecule has 0 aliphatic rings. The SMILES string of the molecule is c1ccc2c(c1)cc(-c1c3ccccc3c(Sc3cnccn3)c3ccncc13)c1ccccc12. The molecule has 2 aromatic heterocycles. The molecule has 7 aromatic rings. The van der Waals surface area contributed by atoms with Crippen LogP contribution in [0, 0.1) is 0 Å². The van der Waals surface area contributed by atoms with Crippen LogP contribution in [0.15, 0.2) is 126 Å². The first-order valence-electron chi connectivity index (χ1n) is 11.5. The third kappa shape index (κ3) is 3.26. The maximum absolute atomic E-state index is 4.56. The Hall–Kier alpha value is -4.28. The van der Waals surface area contributed by atoms with Gasteiger partial charge in [0.2, 0.25) is 0 Å². The molecule has 0 fully saturated rings. The number of hydrogen-bond donors (Lipinski definition) is 0. The Balaban J connectivity index is 1.64. The lowest BCUT2D eigenvalue weighted by atomic mass is 9.88. The third-order valence-electron chi connectivity index (χ3n) is 6.56. The lowest BCUT2D eigenvalue weighted by molar-refractivity contribution is 1.06. The summed E-state index contributed by atoms with van der Waals surface area (Å²) in [5.41, 5.74) is 2.44. The van der Waals surface area contributed by atoms with Gasteiger partial charge in [0.15, 0.2) is 0 Å². The van der Waals surface area contributed by atoms with Crippen LogP contribution in [0.2, 0.25) is 0 Å². The number of rotatable bonds is 3. The van der Waals surface area contributed by atoms with E-state index >= 15 is 0 Å². The van der Waals surface area contributed by atoms with E-state index in [1.54, 1.807) is 24.2 Å². The van der Waals surface area contributed by atoms with Gasteiger partial charge in [-0.2, -0.15) is 0 Å². The van der Waals surface area contributed by atoms with E-state index in [1.165, 1.54) is 53.7 Å². The van der Waals surface area contributed by atoms with Crippen molar-refractivity contribution in [2.45, 2.75) is 9.92 Å². The zero-order valence-electron chi connectivity index (χ0n) is 18.7. The Bertz CT molecular complexity index is 1820. The van der Waals surface area contributed by atoms with Crippen LogP contribution in [0.25, 0.3) is 54.2 Å². The largest absolute Gasteiger partial charge is 0.264 e. The molecule has 0 radical (unpaired) electrons. The van der Waals surface area contributed by atoms with Gasteiger partial charge in [-0.25, -0.2) is 4.98 Å². The van der Waals surface area contributed by atoms with Gasteiger partial charge in [-0.3, -0.25) is 9.97 Å². The molecule has 0 saturated carbocycles. The van der Waals surface area contributed by atoms with E-state index in [-0.39, 0.29) is 0 Å². The summed E-state index contributed by atoms with van der Waals surface area (Å²) in [5, 5.41) is 10.6. The Morgan fingerprint density at radius 1 is 0.514 bits per heavy atom. The zero-order valence-corrected chi connectivity index (χ0v) is 19.5. The van der Waals surface area contributed by atoms with Crippen molar-refractivity contribution in [3.05, 3.63) is 116 Å². The Kier molecular flexibility index (Phi) is 4.71. The van der Waals surface area contributed by atoms with Gasteiger partial charge in [0.25, 0.3) is 0 Å². The van der Waals surface area contributed by atoms with Gasteiger partial charge in [0.05, 0.1) is 6.20 Å². The van der Waals surface area contributed by atoms with Crippen LogP contribution in [0.3, 0.4) is 0 Å². The first kappa shape index (κ1) is 20.1. The lowest BCUT2D eigenvalue weighted by Crippen LogP contribution is -1.92. The maximum Gasteiger partial charge on any atom is 0.119 e. The molecule has 3 nitrogen and oxygen atoms in total. The van der Waals surface area contributed by atoms with E-state index in [4.69, 9.17) is 0 Å². The second-order valence-electron chi connectivity index (χ2n) is 8.51. The molecule has 2 heterocycles. The Labute approximate surface area is 206 Å². The normalized spacial score (nSPS) is 11.5. The summed E-state index contributed by atoms with van der Waals surface area (Å²) in [4.78, 5) is 14.5. The molecule has 0 spiro atoms. The lowest BCUT2D eigenvalue weighted by Gasteiger charge is -2.18. The molecule has 0 saturated heterocycles. The summed E-state index contributed by atoms with van der Waals surface area (Å²) in [6, 6.07) is 30.5. The molecule has 0 aliphatic heterocycles. The van der Waals surface area contributed by atoms with E-state index < -0.39 is 0 Å². The molecule has 7 rings (SSSR count). The summed E-state index contributed by atoms with van der Waals surface area (Å²) >= 11 is 1.66. The highest BCUT2D eigenvalue weighted by molar-refractivity contribution is 7.99. The minimum absolute atomic E-state index is 0.875. The monoisotopic (exact) mass is 465 g/mol. The minimum Gasteiger partial charge on any atom is -0.264 e. The highest BCUT2D eigenvalue weighted by atomic mass is 32.2. The Morgan fingerprint density at radius 2 is 1.20 bits per heavy atom. The number of benzene rings is 5. The molecule has 164 valence electrons. The molecule has 0 atom stereocenters. The number of pyridine rings is 1. The highest BCUT2D eigenvalue weighted by Crippen LogP contribution is 2.46. The molecule has 0 bridgehead atoms. The van der Waals surface area contributed by atoms with Gasteiger partial charge in [0.1, 0.15) is 5.03 Å². The van der Waals surface area contributed by atoms with Crippen molar-refractivity contribution < 1.29 is 0 Å². The average Bonchev–Trinajstić information content (AvgIpc) is 2.93. The minimum atomic E-state index is 0.875. The van der Waals surface area contributed by atoms with Gasteiger partial charge >= 0.3 is 0 Å². The van der Waals surface area contributed by atoms with Crippen molar-refractivity contribution in [2.24, 2.45) is 0 Å². The standard InChI is InChI=1S/C31H19N3S/c1-2-8-21-20(7-1)17-27(23-10-4-3-9-22(21)23)30-24-11-5-6-12-25(24)31(26-13-14-32-18-28(26)30)35-29-19-33-15-16-34-29/h1-19H. The van der Waals surface area contributed by atoms with Crippen molar-refractivity contribution in [3.63, 3.8) is 0 Å². The molecule has 0 amide bonds. The van der Waals surface area contributed by atoms with Gasteiger partial charge in [0, 0.05) is 35.1 Å². The van der Waals surface area contributed by atoms with Gasteiger partial charge in [-0.15, -0.1) is 0 Å². The maximum atomic E-state index is 4.56. The third-order valence-corrected chi connectivity index (χ3v) is 7.62. The van der Waals surface area contributed by atoms with Crippen LogP contribution in [0.4, 0.5) is 0 Å². The average molecular weight is 466 g/mol. The number of fused-ring (bicyclic) bond motifs is 5. The van der Waals surface area contributed by atoms with E-state index in [1.807, 2.05) is 18.6 Å². The predicted molar refractivity (Wildman–Crippen MR) is 146 cm³/mol. The fourth-order valence-electron chi connectivity index (χ4n) is 5.08. The predicted octanol–water partition coefficient (Wildman–Crippen LogP) is 8.30. The van der Waals surface area contributed by atoms with Crippen LogP contribution in [-0.2, 0) is 0 Å². The van der Waals surface area contributed by atoms with Crippen molar-refractivity contribution in [2.75, 3.05) is 0 Å². The Morgan fingerprint density at radius 3 is 2.03 bits per heavy atom. The topological polar surface area (TPSA) is 38.7 Å². The van der Waals surface area contributed by atoms with Crippen LogP contribution in [0.5, 0.6) is 0 Å². The van der Waals surface area contributed by atoms with Crippen molar-refractivity contribution >= 4 is 54.9 Å². The molecule has 5 aromatic carbocycles. The van der Waals surface area contributed by atoms with E-state index in [9.17, 15) is 0 Å². The van der Waals surface area contributed by atoms with Gasteiger partial charge < -0.3 is 0 Å². The number of aromatic nitrogens is 3. The molecular formula is C31H19N3S. The van der Waals surface area contributed by atoms with Crippen molar-refractivity contribution in [1.29, 1.82) is 0 Å². The summed E-state index contributed by atoms with van der Waals surface area (Å²) in [6.45, 7) is 0.